The first-order valence-electron chi connectivity index (χ1n) is 11.7. The number of nitrogens with one attached hydrogen (secondary N) is 1. The zero-order chi connectivity index (χ0) is 24.4. The minimum absolute atomic E-state index is 0.0788. The first-order chi connectivity index (χ1) is 17.0. The molecular weight excluding hydrogens is 466 g/mol. The average molecular weight is 494 g/mol. The number of rotatable bonds is 7. The van der Waals surface area contributed by atoms with Crippen molar-refractivity contribution in [3.05, 3.63) is 52.8 Å². The Bertz CT molecular complexity index is 1450. The van der Waals surface area contributed by atoms with Crippen molar-refractivity contribution in [3.8, 4) is 11.5 Å². The molecule has 0 saturated carbocycles. The number of thioether (sulfide) groups is 1. The van der Waals surface area contributed by atoms with Crippen LogP contribution in [0.15, 0.2) is 52.4 Å². The van der Waals surface area contributed by atoms with E-state index in [1.807, 2.05) is 28.7 Å². The molecule has 0 spiro atoms. The van der Waals surface area contributed by atoms with E-state index in [-0.39, 0.29) is 17.2 Å². The zero-order valence-corrected chi connectivity index (χ0v) is 20.5. The Hall–Kier alpha value is -3.53. The van der Waals surface area contributed by atoms with Crippen LogP contribution in [0.3, 0.4) is 0 Å². The van der Waals surface area contributed by atoms with Crippen molar-refractivity contribution in [1.29, 1.82) is 0 Å². The predicted octanol–water partition coefficient (Wildman–Crippen LogP) is 3.98. The smallest absolute Gasteiger partial charge is 0.262 e. The van der Waals surface area contributed by atoms with E-state index in [2.05, 4.69) is 29.4 Å². The van der Waals surface area contributed by atoms with Gasteiger partial charge in [0, 0.05) is 24.7 Å². The summed E-state index contributed by atoms with van der Waals surface area (Å²) in [4.78, 5) is 25.9. The number of ether oxygens (including phenoxy) is 2. The van der Waals surface area contributed by atoms with E-state index in [4.69, 9.17) is 9.47 Å². The molecule has 9 nitrogen and oxygen atoms in total. The molecule has 3 heterocycles. The number of aryl methyl sites for hydroxylation is 1. The van der Waals surface area contributed by atoms with Gasteiger partial charge in [-0.15, -0.1) is 10.2 Å². The van der Waals surface area contributed by atoms with Gasteiger partial charge in [-0.05, 0) is 36.6 Å². The maximum atomic E-state index is 13.1. The summed E-state index contributed by atoms with van der Waals surface area (Å²) in [6.45, 7) is 5.99. The van der Waals surface area contributed by atoms with Crippen molar-refractivity contribution in [2.75, 3.05) is 24.3 Å². The molecule has 2 aromatic heterocycles. The van der Waals surface area contributed by atoms with Crippen molar-refractivity contribution in [3.63, 3.8) is 0 Å². The van der Waals surface area contributed by atoms with E-state index in [9.17, 15) is 9.59 Å². The van der Waals surface area contributed by atoms with Gasteiger partial charge in [-0.1, -0.05) is 37.7 Å². The van der Waals surface area contributed by atoms with E-state index < -0.39 is 0 Å². The van der Waals surface area contributed by atoms with E-state index >= 15 is 0 Å². The maximum absolute atomic E-state index is 13.1. The zero-order valence-electron chi connectivity index (χ0n) is 19.7. The monoisotopic (exact) mass is 493 g/mol. The van der Waals surface area contributed by atoms with Crippen LogP contribution in [0.2, 0.25) is 0 Å². The summed E-state index contributed by atoms with van der Waals surface area (Å²) in [5.74, 6) is 2.19. The molecule has 1 N–H and O–H groups in total. The molecule has 5 rings (SSSR count). The van der Waals surface area contributed by atoms with Crippen molar-refractivity contribution < 1.29 is 14.3 Å². The molecule has 0 unspecified atom stereocenters. The SMILES string of the molecule is CC(C)CCn1c(=O)c2ccccc2n2c(SCC(=O)Nc3ccc4c(c3)OCCCO4)nnc12. The Balaban J connectivity index is 1.38. The Labute approximate surface area is 206 Å². The fourth-order valence-electron chi connectivity index (χ4n) is 3.98. The number of amides is 1. The largest absolute Gasteiger partial charge is 0.490 e. The molecule has 0 radical (unpaired) electrons. The highest BCUT2D eigenvalue weighted by atomic mass is 32.2. The van der Waals surface area contributed by atoms with Crippen LogP contribution in [-0.4, -0.2) is 44.0 Å². The Morgan fingerprint density at radius 1 is 1.11 bits per heavy atom. The average Bonchev–Trinajstić information content (AvgIpc) is 3.13. The van der Waals surface area contributed by atoms with Gasteiger partial charge >= 0.3 is 0 Å². The number of benzene rings is 2. The maximum Gasteiger partial charge on any atom is 0.262 e. The van der Waals surface area contributed by atoms with E-state index in [1.165, 1.54) is 11.8 Å². The predicted molar refractivity (Wildman–Crippen MR) is 136 cm³/mol. The number of anilines is 1. The number of aromatic nitrogens is 4. The third-order valence-electron chi connectivity index (χ3n) is 5.77. The van der Waals surface area contributed by atoms with Crippen LogP contribution in [0.5, 0.6) is 11.5 Å². The quantitative estimate of drug-likeness (QED) is 0.389. The van der Waals surface area contributed by atoms with Crippen LogP contribution in [0.1, 0.15) is 26.7 Å². The molecule has 2 aromatic carbocycles. The molecule has 35 heavy (non-hydrogen) atoms. The lowest BCUT2D eigenvalue weighted by atomic mass is 10.1. The van der Waals surface area contributed by atoms with Crippen molar-refractivity contribution in [2.45, 2.75) is 38.4 Å². The summed E-state index contributed by atoms with van der Waals surface area (Å²) < 4.78 is 14.9. The molecule has 0 fully saturated rings. The highest BCUT2D eigenvalue weighted by Gasteiger charge is 2.18. The van der Waals surface area contributed by atoms with E-state index in [1.54, 1.807) is 22.8 Å². The number of hydrogen-bond donors (Lipinski definition) is 1. The molecular formula is C25H27N5O4S. The van der Waals surface area contributed by atoms with Crippen molar-refractivity contribution in [1.82, 2.24) is 19.2 Å². The van der Waals surface area contributed by atoms with Gasteiger partial charge in [-0.3, -0.25) is 18.6 Å². The van der Waals surface area contributed by atoms with Crippen molar-refractivity contribution in [2.24, 2.45) is 5.92 Å². The Kier molecular flexibility index (Phi) is 6.63. The molecule has 0 atom stereocenters. The fourth-order valence-corrected chi connectivity index (χ4v) is 4.72. The number of fused-ring (bicyclic) bond motifs is 4. The van der Waals surface area contributed by atoms with Gasteiger partial charge in [0.25, 0.3) is 5.56 Å². The second-order valence-electron chi connectivity index (χ2n) is 8.82. The van der Waals surface area contributed by atoms with Crippen LogP contribution < -0.4 is 20.3 Å². The summed E-state index contributed by atoms with van der Waals surface area (Å²) in [6.07, 6.45) is 1.67. The summed E-state index contributed by atoms with van der Waals surface area (Å²) in [6, 6.07) is 12.8. The minimum atomic E-state index is -0.182. The lowest BCUT2D eigenvalue weighted by Gasteiger charge is -2.12. The van der Waals surface area contributed by atoms with Crippen LogP contribution in [-0.2, 0) is 11.3 Å². The van der Waals surface area contributed by atoms with Gasteiger partial charge in [0.1, 0.15) is 0 Å². The first kappa shape index (κ1) is 23.2. The fraction of sp³-hybridized carbons (Fsp3) is 0.360. The van der Waals surface area contributed by atoms with Gasteiger partial charge in [0.2, 0.25) is 11.7 Å². The highest BCUT2D eigenvalue weighted by molar-refractivity contribution is 7.99. The van der Waals surface area contributed by atoms with E-state index in [0.717, 1.165) is 18.4 Å². The van der Waals surface area contributed by atoms with Gasteiger partial charge in [-0.2, -0.15) is 0 Å². The molecule has 10 heteroatoms. The second kappa shape index (κ2) is 9.99. The third kappa shape index (κ3) is 4.84. The minimum Gasteiger partial charge on any atom is -0.490 e. The molecule has 1 aliphatic rings. The molecule has 0 aliphatic carbocycles. The van der Waals surface area contributed by atoms with Crippen LogP contribution in [0.4, 0.5) is 5.69 Å². The van der Waals surface area contributed by atoms with Gasteiger partial charge in [0.15, 0.2) is 16.7 Å². The number of carbonyl (C=O) groups is 1. The lowest BCUT2D eigenvalue weighted by molar-refractivity contribution is -0.113. The second-order valence-corrected chi connectivity index (χ2v) is 9.77. The molecule has 4 aromatic rings. The Morgan fingerprint density at radius 3 is 2.74 bits per heavy atom. The Morgan fingerprint density at radius 2 is 1.91 bits per heavy atom. The van der Waals surface area contributed by atoms with Crippen molar-refractivity contribution >= 4 is 40.0 Å². The number of para-hydroxylation sites is 1. The molecule has 0 bridgehead atoms. The summed E-state index contributed by atoms with van der Waals surface area (Å²) in [7, 11) is 0. The summed E-state index contributed by atoms with van der Waals surface area (Å²) in [5, 5.41) is 12.7. The number of carbonyl (C=O) groups excluding carboxylic acids is 1. The van der Waals surface area contributed by atoms with Crippen LogP contribution in [0, 0.1) is 5.92 Å². The first-order valence-corrected chi connectivity index (χ1v) is 12.7. The van der Waals surface area contributed by atoms with Gasteiger partial charge < -0.3 is 14.8 Å². The van der Waals surface area contributed by atoms with Crippen LogP contribution in [0.25, 0.3) is 16.7 Å². The number of hydrogen-bond acceptors (Lipinski definition) is 7. The van der Waals surface area contributed by atoms with Gasteiger partial charge in [0.05, 0.1) is 29.9 Å². The molecule has 182 valence electrons. The van der Waals surface area contributed by atoms with Crippen LogP contribution >= 0.6 is 11.8 Å². The number of nitrogens with zero attached hydrogens (tertiary/aromatic N) is 4. The summed E-state index contributed by atoms with van der Waals surface area (Å²) >= 11 is 1.28. The highest BCUT2D eigenvalue weighted by Crippen LogP contribution is 2.32. The van der Waals surface area contributed by atoms with E-state index in [0.29, 0.717) is 59.2 Å². The normalized spacial score (nSPS) is 13.3. The third-order valence-corrected chi connectivity index (χ3v) is 6.70. The summed E-state index contributed by atoms with van der Waals surface area (Å²) in [5.41, 5.74) is 1.29. The lowest BCUT2D eigenvalue weighted by Crippen LogP contribution is -2.24. The standard InChI is InChI=1S/C25H27N5O4S/c1-16(2)10-11-29-23(32)18-6-3-4-7-19(18)30-24(29)27-28-25(30)35-15-22(31)26-17-8-9-20-21(14-17)34-13-5-12-33-20/h3-4,6-9,14,16H,5,10-13,15H2,1-2H3,(H,26,31). The van der Waals surface area contributed by atoms with Gasteiger partial charge in [-0.25, -0.2) is 0 Å². The molecule has 1 amide bonds. The molecule has 1 aliphatic heterocycles. The topological polar surface area (TPSA) is 99.8 Å². The molecule has 0 saturated heterocycles.